The number of amides is 3. The molecule has 0 bridgehead atoms. The van der Waals surface area contributed by atoms with Crippen molar-refractivity contribution in [2.75, 3.05) is 49.1 Å². The molecule has 0 saturated carbocycles. The first kappa shape index (κ1) is 40.0. The van der Waals surface area contributed by atoms with Crippen LogP contribution in [0.25, 0.3) is 0 Å². The summed E-state index contributed by atoms with van der Waals surface area (Å²) >= 11 is 12.2. The van der Waals surface area contributed by atoms with Gasteiger partial charge in [-0.05, 0) is 105 Å². The van der Waals surface area contributed by atoms with Crippen LogP contribution >= 0.6 is 23.8 Å². The fraction of sp³-hybridized carbons (Fsp3) is 0.429. The van der Waals surface area contributed by atoms with Crippen molar-refractivity contribution in [2.45, 2.75) is 71.4 Å². The van der Waals surface area contributed by atoms with Gasteiger partial charge in [0.25, 0.3) is 5.91 Å². The van der Waals surface area contributed by atoms with Crippen LogP contribution in [0.2, 0.25) is 5.02 Å². The molecule has 1 N–H and O–H groups in total. The van der Waals surface area contributed by atoms with Gasteiger partial charge in [-0.15, -0.1) is 0 Å². The Labute approximate surface area is 333 Å². The van der Waals surface area contributed by atoms with E-state index in [2.05, 4.69) is 29.0 Å². The lowest BCUT2D eigenvalue weighted by atomic mass is 9.90. The van der Waals surface area contributed by atoms with Crippen LogP contribution in [-0.2, 0) is 38.4 Å². The van der Waals surface area contributed by atoms with Gasteiger partial charge in [0, 0.05) is 56.7 Å². The van der Waals surface area contributed by atoms with Gasteiger partial charge in [0.05, 0.1) is 22.8 Å². The van der Waals surface area contributed by atoms with Gasteiger partial charge in [0.2, 0.25) is 11.8 Å². The summed E-state index contributed by atoms with van der Waals surface area (Å²) in [5, 5.41) is 12.3. The molecule has 0 aromatic heterocycles. The fourth-order valence-corrected chi connectivity index (χ4v) is 8.44. The normalized spacial score (nSPS) is 20.4. The van der Waals surface area contributed by atoms with Crippen molar-refractivity contribution in [1.29, 1.82) is 5.26 Å². The van der Waals surface area contributed by atoms with E-state index in [1.54, 1.807) is 18.2 Å². The van der Waals surface area contributed by atoms with Crippen LogP contribution in [0.4, 0.5) is 11.4 Å². The van der Waals surface area contributed by atoms with Crippen molar-refractivity contribution >= 4 is 63.8 Å². The van der Waals surface area contributed by atoms with Gasteiger partial charge < -0.3 is 9.64 Å². The Kier molecular flexibility index (Phi) is 12.4. The van der Waals surface area contributed by atoms with Crippen LogP contribution < -0.4 is 19.9 Å². The van der Waals surface area contributed by atoms with Crippen LogP contribution in [0.5, 0.6) is 5.75 Å². The molecule has 2 atom stereocenters. The first-order valence-corrected chi connectivity index (χ1v) is 19.6. The molecule has 1 unspecified atom stereocenters. The summed E-state index contributed by atoms with van der Waals surface area (Å²) in [6.07, 6.45) is 2.53. The zero-order valence-corrected chi connectivity index (χ0v) is 33.3. The number of ether oxygens (including phenoxy) is 1. The number of hydrogen-bond donors (Lipinski definition) is 1. The highest BCUT2D eigenvalue weighted by atomic mass is 35.5. The number of carbonyl (C=O) groups excluding carboxylic acids is 4. The van der Waals surface area contributed by atoms with Gasteiger partial charge in [-0.25, -0.2) is 0 Å². The monoisotopic (exact) mass is 782 g/mol. The maximum atomic E-state index is 13.7. The molecule has 3 heterocycles. The Morgan fingerprint density at radius 1 is 1.05 bits per heavy atom. The molecule has 3 aliphatic rings. The molecule has 3 amide bonds. The van der Waals surface area contributed by atoms with Crippen molar-refractivity contribution in [3.05, 3.63) is 87.9 Å². The molecule has 0 radical (unpaired) electrons. The molecule has 55 heavy (non-hydrogen) atoms. The molecule has 0 aliphatic carbocycles. The Balaban J connectivity index is 0.992. The third-order valence-electron chi connectivity index (χ3n) is 10.8. The Morgan fingerprint density at radius 2 is 1.82 bits per heavy atom. The zero-order valence-electron chi connectivity index (χ0n) is 31.8. The first-order chi connectivity index (χ1) is 26.3. The third-order valence-corrected chi connectivity index (χ3v) is 11.5. The average Bonchev–Trinajstić information content (AvgIpc) is 3.32. The van der Waals surface area contributed by atoms with Crippen molar-refractivity contribution in [2.24, 2.45) is 5.92 Å². The topological polar surface area (TPSA) is 126 Å². The minimum absolute atomic E-state index is 0.158. The fourth-order valence-electron chi connectivity index (χ4n) is 7.70. The van der Waals surface area contributed by atoms with Crippen LogP contribution in [0, 0.1) is 17.2 Å². The number of piperazine rings is 1. The van der Waals surface area contributed by atoms with Gasteiger partial charge in [-0.2, -0.15) is 5.26 Å². The molecular weight excluding hydrogens is 736 g/mol. The molecule has 6 rings (SSSR count). The minimum atomic E-state index is -0.960. The number of thiocarbonyl (C=S) groups is 1. The maximum Gasteiger partial charge on any atom is 0.259 e. The van der Waals surface area contributed by atoms with Crippen LogP contribution in [0.15, 0.2) is 60.7 Å². The summed E-state index contributed by atoms with van der Waals surface area (Å²) in [6.45, 7) is 12.0. The van der Waals surface area contributed by atoms with Gasteiger partial charge >= 0.3 is 0 Å². The van der Waals surface area contributed by atoms with E-state index in [1.165, 1.54) is 4.90 Å². The molecule has 288 valence electrons. The number of Topliss-reactive ketones (excluding diaryl/α,β-unsaturated/α-hetero) is 1. The number of halogens is 1. The number of imide groups is 1. The molecule has 13 heteroatoms. The number of rotatable bonds is 13. The zero-order chi connectivity index (χ0) is 39.4. The summed E-state index contributed by atoms with van der Waals surface area (Å²) in [4.78, 5) is 58.5. The second-order valence-electron chi connectivity index (χ2n) is 15.1. The lowest BCUT2D eigenvalue weighted by molar-refractivity contribution is -0.136. The molecule has 11 nitrogen and oxygen atoms in total. The first-order valence-electron chi connectivity index (χ1n) is 18.8. The Morgan fingerprint density at radius 3 is 2.53 bits per heavy atom. The van der Waals surface area contributed by atoms with Crippen molar-refractivity contribution in [3.63, 3.8) is 0 Å². The average molecular weight is 783 g/mol. The highest BCUT2D eigenvalue weighted by Crippen LogP contribution is 2.39. The highest BCUT2D eigenvalue weighted by Gasteiger charge is 2.50. The summed E-state index contributed by atoms with van der Waals surface area (Å²) in [5.41, 5.74) is 3.61. The van der Waals surface area contributed by atoms with Gasteiger partial charge in [0.15, 0.2) is 10.9 Å². The maximum absolute atomic E-state index is 13.7. The predicted octanol–water partition coefficient (Wildman–Crippen LogP) is 5.48. The standard InChI is InChI=1S/C42H47ClN6O5S/c1-5-30-22-34(49-41(55)48(40(53)42(49,3)4)33-11-9-32(24-44)36(43)23-33)12-13-37(30)54-18-17-46-15-16-47(27(2)25-46)26-35(50)21-29-8-6-7-28(19-29)20-31-10-14-38(51)45-39(31)52/h6-9,11-13,19,22-23,27,31H,5,10,14-18,20-21,25-26H2,1-4H3,(H,45,51,52)/t27-,31?/m1/s1. The second kappa shape index (κ2) is 17.0. The number of piperidine rings is 1. The number of nitrogens with zero attached hydrogens (tertiary/aromatic N) is 5. The number of anilines is 2. The van der Waals surface area contributed by atoms with Crippen LogP contribution in [0.1, 0.15) is 62.8 Å². The molecular formula is C42H47ClN6O5S. The van der Waals surface area contributed by atoms with E-state index in [1.807, 2.05) is 67.3 Å². The number of benzene rings is 3. The number of ketones is 1. The predicted molar refractivity (Wildman–Crippen MR) is 216 cm³/mol. The summed E-state index contributed by atoms with van der Waals surface area (Å²) in [5.74, 6) is 0.0978. The third kappa shape index (κ3) is 8.92. The molecule has 3 fully saturated rings. The second-order valence-corrected chi connectivity index (χ2v) is 15.9. The van der Waals surface area contributed by atoms with Crippen molar-refractivity contribution in [1.82, 2.24) is 15.1 Å². The minimum Gasteiger partial charge on any atom is -0.492 e. The number of nitrogens with one attached hydrogen (secondary N) is 1. The number of nitriles is 1. The molecule has 3 aromatic rings. The lowest BCUT2D eigenvalue weighted by Gasteiger charge is -2.39. The van der Waals surface area contributed by atoms with Gasteiger partial charge in [-0.1, -0.05) is 42.8 Å². The van der Waals surface area contributed by atoms with E-state index < -0.39 is 5.54 Å². The van der Waals surface area contributed by atoms with E-state index in [0.29, 0.717) is 55.2 Å². The number of carbonyl (C=O) groups is 4. The van der Waals surface area contributed by atoms with Gasteiger partial charge in [0.1, 0.15) is 24.0 Å². The van der Waals surface area contributed by atoms with E-state index in [9.17, 15) is 24.4 Å². The van der Waals surface area contributed by atoms with Crippen molar-refractivity contribution < 1.29 is 23.9 Å². The van der Waals surface area contributed by atoms with Crippen LogP contribution in [0.3, 0.4) is 0 Å². The number of hydrogen-bond acceptors (Lipinski definition) is 9. The van der Waals surface area contributed by atoms with E-state index in [0.717, 1.165) is 60.7 Å². The summed E-state index contributed by atoms with van der Waals surface area (Å²) in [6, 6.07) is 20.9. The SMILES string of the molecule is CCc1cc(N2C(=S)N(c3ccc(C#N)c(Cl)c3)C(=O)C2(C)C)ccc1OCCN1CCN(CC(=O)Cc2cccc(CC3CCC(=O)NC3=O)c2)[C@H](C)C1. The Bertz CT molecular complexity index is 2050. The van der Waals surface area contributed by atoms with Crippen molar-refractivity contribution in [3.8, 4) is 11.8 Å². The van der Waals surface area contributed by atoms with E-state index >= 15 is 0 Å². The largest absolute Gasteiger partial charge is 0.492 e. The summed E-state index contributed by atoms with van der Waals surface area (Å²) < 4.78 is 6.32. The smallest absolute Gasteiger partial charge is 0.259 e. The summed E-state index contributed by atoms with van der Waals surface area (Å²) in [7, 11) is 0. The Hall–Kier alpha value is -4.67. The van der Waals surface area contributed by atoms with Gasteiger partial charge in [-0.3, -0.25) is 39.2 Å². The molecule has 0 spiro atoms. The van der Waals surface area contributed by atoms with E-state index in [-0.39, 0.29) is 40.5 Å². The lowest BCUT2D eigenvalue weighted by Crippen LogP contribution is -2.53. The quantitative estimate of drug-likeness (QED) is 0.176. The molecule has 3 aromatic carbocycles. The van der Waals surface area contributed by atoms with Crippen LogP contribution in [-0.4, -0.2) is 89.3 Å². The highest BCUT2D eigenvalue weighted by molar-refractivity contribution is 7.81. The molecule has 3 saturated heterocycles. The number of aryl methyl sites for hydroxylation is 1. The van der Waals surface area contributed by atoms with E-state index in [4.69, 9.17) is 28.6 Å². The molecule has 3 aliphatic heterocycles.